The van der Waals surface area contributed by atoms with Crippen LogP contribution in [0, 0.1) is 0 Å². The van der Waals surface area contributed by atoms with Crippen LogP contribution in [0.4, 0.5) is 0 Å². The summed E-state index contributed by atoms with van der Waals surface area (Å²) in [5.74, 6) is 0.777. The normalized spacial score (nSPS) is 11.3. The van der Waals surface area contributed by atoms with Crippen molar-refractivity contribution in [1.82, 2.24) is 18.7 Å². The molecular weight excluding hydrogens is 360 g/mol. The predicted octanol–water partition coefficient (Wildman–Crippen LogP) is 2.62. The molecule has 0 aliphatic heterocycles. The fourth-order valence-electron chi connectivity index (χ4n) is 3.32. The van der Waals surface area contributed by atoms with E-state index >= 15 is 0 Å². The van der Waals surface area contributed by atoms with E-state index < -0.39 is 0 Å². The first kappa shape index (κ1) is 17.5. The van der Waals surface area contributed by atoms with Crippen LogP contribution in [0.1, 0.15) is 23.2 Å². The molecule has 0 aliphatic rings. The number of hydrogen-bond donors (Lipinski definition) is 0. The number of aryl methyl sites for hydroxylation is 1. The van der Waals surface area contributed by atoms with E-state index in [4.69, 9.17) is 4.98 Å². The van der Waals surface area contributed by atoms with Crippen LogP contribution in [-0.4, -0.2) is 18.7 Å². The summed E-state index contributed by atoms with van der Waals surface area (Å²) < 4.78 is 4.71. The molecule has 0 atom stereocenters. The van der Waals surface area contributed by atoms with Crippen LogP contribution in [-0.2, 0) is 26.6 Å². The Kier molecular flexibility index (Phi) is 4.53. The fraction of sp³-hybridized carbons (Fsp3) is 0.250. The zero-order valence-corrected chi connectivity index (χ0v) is 16.1. The quantitative estimate of drug-likeness (QED) is 0.535. The lowest BCUT2D eigenvalue weighted by Crippen LogP contribution is -2.40. The number of fused-ring (bicyclic) bond motifs is 1. The SMILES string of the molecule is CCn1c(=O)c2c(nc(Cc3cccs3)n2C)n(Cc2ccccc2)c1=O. The van der Waals surface area contributed by atoms with Crippen LogP contribution in [0.25, 0.3) is 11.2 Å². The summed E-state index contributed by atoms with van der Waals surface area (Å²) in [4.78, 5) is 31.7. The molecule has 0 N–H and O–H groups in total. The molecule has 0 saturated heterocycles. The number of nitrogens with zero attached hydrogens (tertiary/aromatic N) is 4. The van der Waals surface area contributed by atoms with Gasteiger partial charge in [-0.3, -0.25) is 13.9 Å². The van der Waals surface area contributed by atoms with E-state index in [1.165, 1.54) is 9.44 Å². The highest BCUT2D eigenvalue weighted by atomic mass is 32.1. The fourth-order valence-corrected chi connectivity index (χ4v) is 4.02. The van der Waals surface area contributed by atoms with Crippen molar-refractivity contribution in [3.05, 3.63) is 84.9 Å². The van der Waals surface area contributed by atoms with Gasteiger partial charge in [-0.05, 0) is 23.9 Å². The van der Waals surface area contributed by atoms with Crippen LogP contribution in [0.3, 0.4) is 0 Å². The largest absolute Gasteiger partial charge is 0.333 e. The molecule has 0 amide bonds. The Morgan fingerprint density at radius 3 is 2.48 bits per heavy atom. The lowest BCUT2D eigenvalue weighted by Gasteiger charge is -2.10. The number of rotatable bonds is 5. The molecule has 6 nitrogen and oxygen atoms in total. The van der Waals surface area contributed by atoms with Crippen LogP contribution < -0.4 is 11.2 Å². The van der Waals surface area contributed by atoms with Crippen molar-refractivity contribution in [3.8, 4) is 0 Å². The van der Waals surface area contributed by atoms with Crippen molar-refractivity contribution in [2.45, 2.75) is 26.4 Å². The van der Waals surface area contributed by atoms with Gasteiger partial charge in [-0.25, -0.2) is 9.78 Å². The summed E-state index contributed by atoms with van der Waals surface area (Å²) in [7, 11) is 1.84. The molecule has 0 spiro atoms. The van der Waals surface area contributed by atoms with Gasteiger partial charge in [-0.15, -0.1) is 11.3 Å². The van der Waals surface area contributed by atoms with Crippen molar-refractivity contribution in [3.63, 3.8) is 0 Å². The van der Waals surface area contributed by atoms with Gasteiger partial charge in [-0.1, -0.05) is 36.4 Å². The average Bonchev–Trinajstić information content (AvgIpc) is 3.29. The maximum Gasteiger partial charge on any atom is 0.333 e. The van der Waals surface area contributed by atoms with Gasteiger partial charge in [0.15, 0.2) is 11.2 Å². The third-order valence-electron chi connectivity index (χ3n) is 4.75. The van der Waals surface area contributed by atoms with E-state index in [-0.39, 0.29) is 11.2 Å². The van der Waals surface area contributed by atoms with Gasteiger partial charge < -0.3 is 4.57 Å². The highest BCUT2D eigenvalue weighted by Gasteiger charge is 2.20. The monoisotopic (exact) mass is 380 g/mol. The van der Waals surface area contributed by atoms with Crippen LogP contribution >= 0.6 is 11.3 Å². The number of imidazole rings is 1. The van der Waals surface area contributed by atoms with Gasteiger partial charge in [0.05, 0.1) is 6.54 Å². The number of aromatic nitrogens is 4. The second kappa shape index (κ2) is 7.00. The van der Waals surface area contributed by atoms with Crippen molar-refractivity contribution >= 4 is 22.5 Å². The van der Waals surface area contributed by atoms with E-state index in [9.17, 15) is 9.59 Å². The van der Waals surface area contributed by atoms with Crippen LogP contribution in [0.5, 0.6) is 0 Å². The summed E-state index contributed by atoms with van der Waals surface area (Å²) >= 11 is 1.65. The first-order chi connectivity index (χ1) is 13.1. The molecule has 27 heavy (non-hydrogen) atoms. The van der Waals surface area contributed by atoms with Crippen molar-refractivity contribution in [2.75, 3.05) is 0 Å². The van der Waals surface area contributed by atoms with Gasteiger partial charge in [0.2, 0.25) is 0 Å². The second-order valence-electron chi connectivity index (χ2n) is 6.42. The molecule has 3 aromatic heterocycles. The third-order valence-corrected chi connectivity index (χ3v) is 5.62. The Hall–Kier alpha value is -2.93. The molecular formula is C20H20N4O2S. The van der Waals surface area contributed by atoms with E-state index in [1.54, 1.807) is 15.9 Å². The lowest BCUT2D eigenvalue weighted by molar-refractivity contribution is 0.614. The Bertz CT molecular complexity index is 1200. The molecule has 0 radical (unpaired) electrons. The standard InChI is InChI=1S/C20H20N4O2S/c1-3-23-19(25)17-18(21-16(22(17)2)12-15-10-7-11-27-15)24(20(23)26)13-14-8-5-4-6-9-14/h4-11H,3,12-13H2,1-2H3. The Labute approximate surface area is 160 Å². The molecule has 138 valence electrons. The molecule has 7 heteroatoms. The number of thiophene rings is 1. The smallest absolute Gasteiger partial charge is 0.325 e. The average molecular weight is 380 g/mol. The topological polar surface area (TPSA) is 61.8 Å². The minimum atomic E-state index is -0.320. The summed E-state index contributed by atoms with van der Waals surface area (Å²) in [6, 6.07) is 13.8. The van der Waals surface area contributed by atoms with Crippen molar-refractivity contribution in [2.24, 2.45) is 7.05 Å². The van der Waals surface area contributed by atoms with E-state index in [0.29, 0.717) is 30.7 Å². The van der Waals surface area contributed by atoms with Crippen molar-refractivity contribution < 1.29 is 0 Å². The second-order valence-corrected chi connectivity index (χ2v) is 7.45. The van der Waals surface area contributed by atoms with Crippen LogP contribution in [0.2, 0.25) is 0 Å². The summed E-state index contributed by atoms with van der Waals surface area (Å²) in [6.45, 7) is 2.52. The maximum absolute atomic E-state index is 13.0. The molecule has 4 rings (SSSR count). The molecule has 1 aromatic carbocycles. The Morgan fingerprint density at radius 2 is 1.81 bits per heavy atom. The van der Waals surface area contributed by atoms with Crippen LogP contribution in [0.15, 0.2) is 57.4 Å². The summed E-state index contributed by atoms with van der Waals surface area (Å²) in [5.41, 5.74) is 1.31. The summed E-state index contributed by atoms with van der Waals surface area (Å²) in [6.07, 6.45) is 0.633. The highest BCUT2D eigenvalue weighted by Crippen LogP contribution is 2.17. The molecule has 4 aromatic rings. The minimum Gasteiger partial charge on any atom is -0.325 e. The molecule has 0 aliphatic carbocycles. The predicted molar refractivity (Wildman–Crippen MR) is 108 cm³/mol. The van der Waals surface area contributed by atoms with Gasteiger partial charge in [0, 0.05) is 24.9 Å². The number of benzene rings is 1. The maximum atomic E-state index is 13.0. The minimum absolute atomic E-state index is 0.283. The zero-order chi connectivity index (χ0) is 19.0. The van der Waals surface area contributed by atoms with E-state index in [2.05, 4.69) is 0 Å². The molecule has 0 bridgehead atoms. The lowest BCUT2D eigenvalue weighted by atomic mass is 10.2. The molecule has 0 fully saturated rings. The van der Waals surface area contributed by atoms with Gasteiger partial charge >= 0.3 is 5.69 Å². The van der Waals surface area contributed by atoms with Gasteiger partial charge in [0.1, 0.15) is 5.82 Å². The third kappa shape index (κ3) is 3.04. The first-order valence-corrected chi connectivity index (χ1v) is 9.73. The van der Waals surface area contributed by atoms with Gasteiger partial charge in [-0.2, -0.15) is 0 Å². The Balaban J connectivity index is 1.95. The Morgan fingerprint density at radius 1 is 1.04 bits per heavy atom. The zero-order valence-electron chi connectivity index (χ0n) is 15.3. The highest BCUT2D eigenvalue weighted by molar-refractivity contribution is 7.09. The van der Waals surface area contributed by atoms with Gasteiger partial charge in [0.25, 0.3) is 5.56 Å². The van der Waals surface area contributed by atoms with Crippen molar-refractivity contribution in [1.29, 1.82) is 0 Å². The number of hydrogen-bond acceptors (Lipinski definition) is 4. The first-order valence-electron chi connectivity index (χ1n) is 8.85. The molecule has 0 saturated carbocycles. The summed E-state index contributed by atoms with van der Waals surface area (Å²) in [5, 5.41) is 2.02. The van der Waals surface area contributed by atoms with E-state index in [1.807, 2.05) is 66.4 Å². The van der Waals surface area contributed by atoms with E-state index in [0.717, 1.165) is 11.4 Å². The molecule has 3 heterocycles. The molecule has 0 unspecified atom stereocenters.